The molecule has 0 saturated heterocycles. The molecule has 11 heteroatoms. The number of nitrogens with zero attached hydrogens (tertiary/aromatic N) is 4. The van der Waals surface area contributed by atoms with Crippen molar-refractivity contribution in [2.45, 2.75) is 5.75 Å². The molecule has 2 heterocycles. The van der Waals surface area contributed by atoms with E-state index in [9.17, 15) is 9.00 Å². The third kappa shape index (κ3) is 5.05. The fraction of sp³-hybridized carbons (Fsp3) is 0.0909. The molecule has 0 spiro atoms. The van der Waals surface area contributed by atoms with E-state index in [1.807, 2.05) is 30.3 Å². The van der Waals surface area contributed by atoms with Gasteiger partial charge in [0, 0.05) is 6.07 Å². The van der Waals surface area contributed by atoms with Gasteiger partial charge in [0.05, 0.1) is 28.6 Å². The van der Waals surface area contributed by atoms with Crippen molar-refractivity contribution >= 4 is 40.1 Å². The van der Waals surface area contributed by atoms with Gasteiger partial charge in [-0.15, -0.1) is 10.2 Å². The molecule has 0 radical (unpaired) electrons. The lowest BCUT2D eigenvalue weighted by Crippen LogP contribution is -2.29. The van der Waals surface area contributed by atoms with E-state index in [1.165, 1.54) is 11.7 Å². The molecule has 0 aliphatic carbocycles. The largest absolute Gasteiger partial charge is 0.481 e. The van der Waals surface area contributed by atoms with Crippen LogP contribution in [0, 0.1) is 0 Å². The molecule has 168 valence electrons. The third-order valence-corrected chi connectivity index (χ3v) is 6.15. The van der Waals surface area contributed by atoms with Crippen molar-refractivity contribution in [1.29, 1.82) is 0 Å². The first-order valence-corrected chi connectivity index (χ1v) is 11.7. The molecule has 2 aromatic carbocycles. The summed E-state index contributed by atoms with van der Waals surface area (Å²) >= 11 is 12.9. The number of ether oxygens (including phenoxy) is 1. The van der Waals surface area contributed by atoms with Gasteiger partial charge in [0.1, 0.15) is 16.7 Å². The Labute approximate surface area is 202 Å². The zero-order valence-corrected chi connectivity index (χ0v) is 19.6. The summed E-state index contributed by atoms with van der Waals surface area (Å²) in [5, 5.41) is 8.72. The standard InChI is InChI=1S/C22H17Cl2N5O3S/c1-32-18-12-6-11-17(25-18)20-26-27-21(29(20)19-15(23)9-5-10-16(19)24)22(30)28-33(31)13-14-7-3-2-4-8-14/h2-12H,13H2,1H3,(H,28,30). The Morgan fingerprint density at radius 1 is 1.00 bits per heavy atom. The number of pyridine rings is 1. The maximum absolute atomic E-state index is 13.1. The van der Waals surface area contributed by atoms with Gasteiger partial charge < -0.3 is 4.74 Å². The van der Waals surface area contributed by atoms with E-state index < -0.39 is 16.9 Å². The van der Waals surface area contributed by atoms with Crippen LogP contribution in [0.1, 0.15) is 16.2 Å². The number of halogens is 2. The van der Waals surface area contributed by atoms with E-state index in [1.54, 1.807) is 36.4 Å². The Balaban J connectivity index is 1.76. The van der Waals surface area contributed by atoms with Crippen LogP contribution in [0.5, 0.6) is 5.88 Å². The minimum absolute atomic E-state index is 0.137. The highest BCUT2D eigenvalue weighted by molar-refractivity contribution is 7.82. The summed E-state index contributed by atoms with van der Waals surface area (Å²) in [6.07, 6.45) is 0. The first-order chi connectivity index (χ1) is 16.0. The SMILES string of the molecule is COc1cccc(-c2nnc(C(=O)NS(=O)Cc3ccccc3)n2-c2c(Cl)cccc2Cl)n1. The van der Waals surface area contributed by atoms with Gasteiger partial charge in [0.15, 0.2) is 5.82 Å². The van der Waals surface area contributed by atoms with Crippen LogP contribution < -0.4 is 9.46 Å². The third-order valence-electron chi connectivity index (χ3n) is 4.54. The molecule has 8 nitrogen and oxygen atoms in total. The van der Waals surface area contributed by atoms with Gasteiger partial charge in [-0.25, -0.2) is 9.19 Å². The van der Waals surface area contributed by atoms with Crippen molar-refractivity contribution < 1.29 is 13.7 Å². The second kappa shape index (κ2) is 10.1. The normalized spacial score (nSPS) is 11.7. The van der Waals surface area contributed by atoms with Gasteiger partial charge in [-0.1, -0.05) is 65.7 Å². The van der Waals surface area contributed by atoms with E-state index in [4.69, 9.17) is 27.9 Å². The molecular formula is C22H17Cl2N5O3S. The number of amides is 1. The number of methoxy groups -OCH3 is 1. The molecule has 0 saturated carbocycles. The van der Waals surface area contributed by atoms with Gasteiger partial charge in [-0.3, -0.25) is 14.1 Å². The van der Waals surface area contributed by atoms with Crippen molar-refractivity contribution in [2.24, 2.45) is 0 Å². The molecule has 33 heavy (non-hydrogen) atoms. The van der Waals surface area contributed by atoms with Crippen molar-refractivity contribution in [3.05, 3.63) is 88.2 Å². The average Bonchev–Trinajstić information content (AvgIpc) is 3.24. The van der Waals surface area contributed by atoms with Crippen molar-refractivity contribution in [2.75, 3.05) is 7.11 Å². The Bertz CT molecular complexity index is 1310. The van der Waals surface area contributed by atoms with E-state index in [2.05, 4.69) is 19.9 Å². The predicted octanol–water partition coefficient (Wildman–Crippen LogP) is 4.24. The number of carbonyl (C=O) groups is 1. The molecule has 0 bridgehead atoms. The molecule has 0 aliphatic rings. The first kappa shape index (κ1) is 22.9. The van der Waals surface area contributed by atoms with Crippen LogP contribution in [-0.4, -0.2) is 37.0 Å². The monoisotopic (exact) mass is 501 g/mol. The molecule has 0 aliphatic heterocycles. The summed E-state index contributed by atoms with van der Waals surface area (Å²) in [7, 11) is -0.211. The maximum atomic E-state index is 13.1. The molecular weight excluding hydrogens is 485 g/mol. The van der Waals surface area contributed by atoms with Gasteiger partial charge in [-0.05, 0) is 23.8 Å². The van der Waals surface area contributed by atoms with Gasteiger partial charge in [-0.2, -0.15) is 0 Å². The summed E-state index contributed by atoms with van der Waals surface area (Å²) in [6, 6.07) is 19.2. The maximum Gasteiger partial charge on any atom is 0.301 e. The average molecular weight is 502 g/mol. The Morgan fingerprint density at radius 3 is 2.39 bits per heavy atom. The topological polar surface area (TPSA) is 99.0 Å². The van der Waals surface area contributed by atoms with Crippen LogP contribution in [0.4, 0.5) is 0 Å². The fourth-order valence-corrected chi connectivity index (χ4v) is 4.51. The number of para-hydroxylation sites is 1. The van der Waals surface area contributed by atoms with Crippen LogP contribution in [0.3, 0.4) is 0 Å². The molecule has 1 unspecified atom stereocenters. The summed E-state index contributed by atoms with van der Waals surface area (Å²) < 4.78 is 21.6. The van der Waals surface area contributed by atoms with Crippen molar-refractivity contribution in [3.8, 4) is 23.1 Å². The van der Waals surface area contributed by atoms with Gasteiger partial charge >= 0.3 is 5.91 Å². The zero-order valence-electron chi connectivity index (χ0n) is 17.2. The van der Waals surface area contributed by atoms with Gasteiger partial charge in [0.2, 0.25) is 11.7 Å². The Morgan fingerprint density at radius 2 is 1.70 bits per heavy atom. The summed E-state index contributed by atoms with van der Waals surface area (Å²) in [6.45, 7) is 0. The van der Waals surface area contributed by atoms with Gasteiger partial charge in [0.25, 0.3) is 0 Å². The lowest BCUT2D eigenvalue weighted by Gasteiger charge is -2.13. The van der Waals surface area contributed by atoms with Crippen LogP contribution in [0.15, 0.2) is 66.7 Å². The van der Waals surface area contributed by atoms with Crippen molar-refractivity contribution in [1.82, 2.24) is 24.5 Å². The zero-order chi connectivity index (χ0) is 23.4. The minimum atomic E-state index is -1.70. The smallest absolute Gasteiger partial charge is 0.301 e. The van der Waals surface area contributed by atoms with Crippen LogP contribution in [-0.2, 0) is 16.7 Å². The highest BCUT2D eigenvalue weighted by Gasteiger charge is 2.26. The number of hydrogen-bond donors (Lipinski definition) is 1. The molecule has 2 aromatic heterocycles. The van der Waals surface area contributed by atoms with Crippen LogP contribution >= 0.6 is 23.2 Å². The molecule has 1 N–H and O–H groups in total. The quantitative estimate of drug-likeness (QED) is 0.406. The Kier molecular flexibility index (Phi) is 7.02. The van der Waals surface area contributed by atoms with Crippen molar-refractivity contribution in [3.63, 3.8) is 0 Å². The second-order valence-corrected chi connectivity index (χ2v) is 8.72. The predicted molar refractivity (Wildman–Crippen MR) is 127 cm³/mol. The Hall–Kier alpha value is -3.27. The lowest BCUT2D eigenvalue weighted by atomic mass is 10.2. The van der Waals surface area contributed by atoms with E-state index >= 15 is 0 Å². The summed E-state index contributed by atoms with van der Waals surface area (Å²) in [5.74, 6) is -0.157. The first-order valence-electron chi connectivity index (χ1n) is 9.62. The molecule has 1 atom stereocenters. The van der Waals surface area contributed by atoms with E-state index in [-0.39, 0.29) is 27.4 Å². The number of benzene rings is 2. The van der Waals surface area contributed by atoms with Crippen LogP contribution in [0.25, 0.3) is 17.2 Å². The summed E-state index contributed by atoms with van der Waals surface area (Å²) in [5.41, 5.74) is 1.49. The van der Waals surface area contributed by atoms with E-state index in [0.717, 1.165) is 5.56 Å². The second-order valence-electron chi connectivity index (χ2n) is 6.72. The lowest BCUT2D eigenvalue weighted by molar-refractivity contribution is 0.0971. The number of nitrogens with one attached hydrogen (secondary N) is 1. The molecule has 4 aromatic rings. The number of carbonyl (C=O) groups excluding carboxylic acids is 1. The number of aromatic nitrogens is 4. The minimum Gasteiger partial charge on any atom is -0.481 e. The number of hydrogen-bond acceptors (Lipinski definition) is 6. The van der Waals surface area contributed by atoms with Crippen LogP contribution in [0.2, 0.25) is 10.0 Å². The molecule has 0 fully saturated rings. The summed E-state index contributed by atoms with van der Waals surface area (Å²) in [4.78, 5) is 17.4. The fourth-order valence-electron chi connectivity index (χ4n) is 3.08. The van der Waals surface area contributed by atoms with E-state index in [0.29, 0.717) is 17.3 Å². The number of rotatable bonds is 7. The molecule has 1 amide bonds. The highest BCUT2D eigenvalue weighted by Crippen LogP contribution is 2.33. The molecule has 4 rings (SSSR count). The highest BCUT2D eigenvalue weighted by atomic mass is 35.5.